The molecule has 0 heterocycles. The number of benzene rings is 2. The van der Waals surface area contributed by atoms with Gasteiger partial charge in [-0.2, -0.15) is 0 Å². The van der Waals surface area contributed by atoms with E-state index in [1.165, 1.54) is 10.5 Å². The lowest BCUT2D eigenvalue weighted by Gasteiger charge is -2.10. The number of hydrogen-bond donors (Lipinski definition) is 1. The van der Waals surface area contributed by atoms with Gasteiger partial charge in [-0.1, -0.05) is 31.2 Å². The minimum atomic E-state index is -0.106. The van der Waals surface area contributed by atoms with Crippen LogP contribution in [0.15, 0.2) is 57.9 Å². The van der Waals surface area contributed by atoms with E-state index in [1.807, 2.05) is 36.4 Å². The van der Waals surface area contributed by atoms with Gasteiger partial charge in [-0.25, -0.2) is 0 Å². The fourth-order valence-corrected chi connectivity index (χ4v) is 3.28. The zero-order valence-electron chi connectivity index (χ0n) is 13.0. The van der Waals surface area contributed by atoms with Crippen molar-refractivity contribution in [3.8, 4) is 5.75 Å². The van der Waals surface area contributed by atoms with E-state index in [1.54, 1.807) is 11.8 Å². The van der Waals surface area contributed by atoms with Gasteiger partial charge in [0.15, 0.2) is 6.61 Å². The Morgan fingerprint density at radius 1 is 1.22 bits per heavy atom. The van der Waals surface area contributed by atoms with Gasteiger partial charge in [0.05, 0.1) is 4.47 Å². The quantitative estimate of drug-likeness (QED) is 0.536. The predicted octanol–water partition coefficient (Wildman–Crippen LogP) is 4.30. The largest absolute Gasteiger partial charge is 0.483 e. The molecule has 0 bridgehead atoms. The molecule has 0 fully saturated rings. The lowest BCUT2D eigenvalue weighted by Crippen LogP contribution is -2.30. The molecular formula is C18H20BrNO2S. The highest BCUT2D eigenvalue weighted by molar-refractivity contribution is 9.10. The first kappa shape index (κ1) is 17.9. The van der Waals surface area contributed by atoms with Gasteiger partial charge < -0.3 is 10.1 Å². The highest BCUT2D eigenvalue weighted by Gasteiger charge is 2.06. The van der Waals surface area contributed by atoms with Gasteiger partial charge in [-0.05, 0) is 52.2 Å². The Bertz CT molecular complexity index is 634. The third kappa shape index (κ3) is 6.28. The standard InChI is InChI=1S/C18H20BrNO2S/c1-2-14-8-9-17(16(19)12-14)22-13-18(21)20-10-11-23-15-6-4-3-5-7-15/h3-9,12H,2,10-11,13H2,1H3,(H,20,21). The van der Waals surface area contributed by atoms with Gasteiger partial charge in [0, 0.05) is 17.2 Å². The fraction of sp³-hybridized carbons (Fsp3) is 0.278. The van der Waals surface area contributed by atoms with Crippen molar-refractivity contribution in [2.45, 2.75) is 18.2 Å². The number of ether oxygens (including phenoxy) is 1. The Kier molecular flexibility index (Phi) is 7.49. The van der Waals surface area contributed by atoms with Crippen LogP contribution < -0.4 is 10.1 Å². The van der Waals surface area contributed by atoms with Crippen molar-refractivity contribution in [3.63, 3.8) is 0 Å². The van der Waals surface area contributed by atoms with Crippen LogP contribution in [0.4, 0.5) is 0 Å². The molecule has 0 atom stereocenters. The monoisotopic (exact) mass is 393 g/mol. The summed E-state index contributed by atoms with van der Waals surface area (Å²) in [6, 6.07) is 16.1. The lowest BCUT2D eigenvalue weighted by molar-refractivity contribution is -0.122. The first-order chi connectivity index (χ1) is 11.2. The Morgan fingerprint density at radius 3 is 2.70 bits per heavy atom. The summed E-state index contributed by atoms with van der Waals surface area (Å²) in [5, 5.41) is 2.87. The highest BCUT2D eigenvalue weighted by Crippen LogP contribution is 2.26. The molecule has 1 N–H and O–H groups in total. The van der Waals surface area contributed by atoms with Crippen LogP contribution in [-0.2, 0) is 11.2 Å². The molecule has 2 aromatic rings. The minimum absolute atomic E-state index is 0.0279. The molecule has 5 heteroatoms. The second kappa shape index (κ2) is 9.63. The number of nitrogens with one attached hydrogen (secondary N) is 1. The molecule has 2 aromatic carbocycles. The minimum Gasteiger partial charge on any atom is -0.483 e. The predicted molar refractivity (Wildman–Crippen MR) is 99.2 cm³/mol. The topological polar surface area (TPSA) is 38.3 Å². The molecule has 0 radical (unpaired) electrons. The van der Waals surface area contributed by atoms with Crippen molar-refractivity contribution in [2.75, 3.05) is 18.9 Å². The number of halogens is 1. The molecule has 0 spiro atoms. The number of carbonyl (C=O) groups is 1. The summed E-state index contributed by atoms with van der Waals surface area (Å²) in [5.41, 5.74) is 1.23. The van der Waals surface area contributed by atoms with Crippen molar-refractivity contribution in [3.05, 3.63) is 58.6 Å². The number of hydrogen-bond acceptors (Lipinski definition) is 3. The smallest absolute Gasteiger partial charge is 0.257 e. The van der Waals surface area contributed by atoms with E-state index in [9.17, 15) is 4.79 Å². The number of aryl methyl sites for hydroxylation is 1. The van der Waals surface area contributed by atoms with Gasteiger partial charge in [0.1, 0.15) is 5.75 Å². The number of rotatable bonds is 8. The van der Waals surface area contributed by atoms with E-state index >= 15 is 0 Å². The number of thioether (sulfide) groups is 1. The van der Waals surface area contributed by atoms with Crippen LogP contribution in [-0.4, -0.2) is 24.8 Å². The molecule has 0 aliphatic rings. The summed E-state index contributed by atoms with van der Waals surface area (Å²) in [6.07, 6.45) is 0.971. The maximum absolute atomic E-state index is 11.8. The molecule has 2 rings (SSSR count). The fourth-order valence-electron chi connectivity index (χ4n) is 1.95. The van der Waals surface area contributed by atoms with Crippen molar-refractivity contribution in [2.24, 2.45) is 0 Å². The van der Waals surface area contributed by atoms with Gasteiger partial charge in [-0.3, -0.25) is 4.79 Å². The molecule has 3 nitrogen and oxygen atoms in total. The van der Waals surface area contributed by atoms with Crippen LogP contribution >= 0.6 is 27.7 Å². The third-order valence-corrected chi connectivity index (χ3v) is 4.83. The normalized spacial score (nSPS) is 10.3. The summed E-state index contributed by atoms with van der Waals surface area (Å²) >= 11 is 5.19. The summed E-state index contributed by atoms with van der Waals surface area (Å²) in [4.78, 5) is 13.0. The van der Waals surface area contributed by atoms with Crippen LogP contribution in [0, 0.1) is 0 Å². The second-order valence-corrected chi connectivity index (χ2v) is 6.94. The molecule has 0 aromatic heterocycles. The van der Waals surface area contributed by atoms with Gasteiger partial charge >= 0.3 is 0 Å². The molecule has 0 aliphatic heterocycles. The van der Waals surface area contributed by atoms with Crippen LogP contribution in [0.5, 0.6) is 5.75 Å². The molecule has 23 heavy (non-hydrogen) atoms. The molecule has 0 unspecified atom stereocenters. The van der Waals surface area contributed by atoms with Gasteiger partial charge in [-0.15, -0.1) is 11.8 Å². The average molecular weight is 394 g/mol. The van der Waals surface area contributed by atoms with Crippen LogP contribution in [0.25, 0.3) is 0 Å². The molecule has 122 valence electrons. The van der Waals surface area contributed by atoms with E-state index in [0.29, 0.717) is 12.3 Å². The molecular weight excluding hydrogens is 374 g/mol. The highest BCUT2D eigenvalue weighted by atomic mass is 79.9. The lowest BCUT2D eigenvalue weighted by atomic mass is 10.2. The van der Waals surface area contributed by atoms with Gasteiger partial charge in [0.25, 0.3) is 5.91 Å². The Morgan fingerprint density at radius 2 is 2.00 bits per heavy atom. The molecule has 1 amide bonds. The van der Waals surface area contributed by atoms with Crippen molar-refractivity contribution >= 4 is 33.6 Å². The van der Waals surface area contributed by atoms with E-state index < -0.39 is 0 Å². The average Bonchev–Trinajstić information content (AvgIpc) is 2.58. The van der Waals surface area contributed by atoms with Crippen LogP contribution in [0.2, 0.25) is 0 Å². The van der Waals surface area contributed by atoms with Crippen molar-refractivity contribution in [1.82, 2.24) is 5.32 Å². The number of amides is 1. The first-order valence-electron chi connectivity index (χ1n) is 7.55. The zero-order valence-corrected chi connectivity index (χ0v) is 15.5. The van der Waals surface area contributed by atoms with Crippen LogP contribution in [0.1, 0.15) is 12.5 Å². The molecule has 0 aliphatic carbocycles. The van der Waals surface area contributed by atoms with Crippen LogP contribution in [0.3, 0.4) is 0 Å². The summed E-state index contributed by atoms with van der Waals surface area (Å²) in [6.45, 7) is 2.75. The van der Waals surface area contributed by atoms with E-state index in [-0.39, 0.29) is 12.5 Å². The third-order valence-electron chi connectivity index (χ3n) is 3.20. The van der Waals surface area contributed by atoms with E-state index in [2.05, 4.69) is 40.3 Å². The van der Waals surface area contributed by atoms with Crippen molar-refractivity contribution in [1.29, 1.82) is 0 Å². The van der Waals surface area contributed by atoms with Crippen molar-refractivity contribution < 1.29 is 9.53 Å². The zero-order chi connectivity index (χ0) is 16.5. The summed E-state index contributed by atoms with van der Waals surface area (Å²) in [5.74, 6) is 1.42. The number of carbonyl (C=O) groups excluding carboxylic acids is 1. The second-order valence-electron chi connectivity index (χ2n) is 4.92. The Labute approximate surface area is 149 Å². The SMILES string of the molecule is CCc1ccc(OCC(=O)NCCSc2ccccc2)c(Br)c1. The van der Waals surface area contributed by atoms with Gasteiger partial charge in [0.2, 0.25) is 0 Å². The summed E-state index contributed by atoms with van der Waals surface area (Å²) in [7, 11) is 0. The summed E-state index contributed by atoms with van der Waals surface area (Å²) < 4.78 is 6.43. The van der Waals surface area contributed by atoms with E-state index in [0.717, 1.165) is 16.6 Å². The first-order valence-corrected chi connectivity index (χ1v) is 9.32. The maximum atomic E-state index is 11.8. The Hall–Kier alpha value is -1.46. The van der Waals surface area contributed by atoms with E-state index in [4.69, 9.17) is 4.74 Å². The maximum Gasteiger partial charge on any atom is 0.257 e. The Balaban J connectivity index is 1.67. The molecule has 0 saturated heterocycles. The molecule has 0 saturated carbocycles.